The zero-order valence-electron chi connectivity index (χ0n) is 17.1. The molecular weight excluding hydrogens is 348 g/mol. The van der Waals surface area contributed by atoms with E-state index in [-0.39, 0.29) is 6.10 Å². The lowest BCUT2D eigenvalue weighted by Crippen LogP contribution is -2.66. The molecule has 1 aliphatic heterocycles. The molecule has 26 heavy (non-hydrogen) atoms. The Hall–Kier alpha value is -1.17. The van der Waals surface area contributed by atoms with Crippen molar-refractivity contribution in [1.29, 1.82) is 0 Å². The fraction of sp³-hybridized carbons (Fsp3) is 0.478. The Labute approximate surface area is 161 Å². The molecule has 2 atom stereocenters. The van der Waals surface area contributed by atoms with Gasteiger partial charge in [0.25, 0.3) is 0 Å². The van der Waals surface area contributed by atoms with Crippen LogP contribution in [0.1, 0.15) is 32.3 Å². The van der Waals surface area contributed by atoms with Crippen molar-refractivity contribution in [2.45, 2.75) is 69.6 Å². The van der Waals surface area contributed by atoms with Crippen LogP contribution in [0.5, 0.6) is 0 Å². The van der Waals surface area contributed by atoms with Crippen LogP contribution in [0.15, 0.2) is 60.7 Å². The fourth-order valence-electron chi connectivity index (χ4n) is 5.27. The Morgan fingerprint density at radius 3 is 2.08 bits per heavy atom. The number of hydrogen-bond donors (Lipinski definition) is 0. The van der Waals surface area contributed by atoms with Crippen LogP contribution in [0.25, 0.3) is 0 Å². The summed E-state index contributed by atoms with van der Waals surface area (Å²) in [6.07, 6.45) is 4.10. The van der Waals surface area contributed by atoms with E-state index in [1.165, 1.54) is 36.1 Å². The van der Waals surface area contributed by atoms with E-state index in [0.29, 0.717) is 4.66 Å². The van der Waals surface area contributed by atoms with Gasteiger partial charge < -0.3 is 4.43 Å². The van der Waals surface area contributed by atoms with Crippen LogP contribution in [0.3, 0.4) is 0 Å². The zero-order valence-corrected chi connectivity index (χ0v) is 19.1. The molecule has 1 heterocycles. The van der Waals surface area contributed by atoms with Gasteiger partial charge in [-0.15, -0.1) is 0 Å². The molecule has 0 bridgehead atoms. The molecule has 3 heteroatoms. The minimum Gasteiger partial charge on any atom is -0.410 e. The van der Waals surface area contributed by atoms with Gasteiger partial charge in [0.05, 0.1) is 8.07 Å². The Balaban J connectivity index is 2.19. The van der Waals surface area contributed by atoms with Crippen molar-refractivity contribution in [1.82, 2.24) is 0 Å². The summed E-state index contributed by atoms with van der Waals surface area (Å²) in [5.41, 5.74) is 1.48. The lowest BCUT2D eigenvalue weighted by molar-refractivity contribution is 0.225. The molecule has 0 radical (unpaired) electrons. The molecule has 2 aromatic carbocycles. The third kappa shape index (κ3) is 3.37. The third-order valence-corrected chi connectivity index (χ3v) is 18.3. The monoisotopic (exact) mass is 382 g/mol. The van der Waals surface area contributed by atoms with E-state index >= 15 is 0 Å². The maximum absolute atomic E-state index is 7.07. The summed E-state index contributed by atoms with van der Waals surface area (Å²) in [4.78, 5) is 0. The quantitative estimate of drug-likeness (QED) is 0.564. The van der Waals surface area contributed by atoms with E-state index in [0.717, 1.165) is 0 Å². The zero-order chi connectivity index (χ0) is 18.8. The highest BCUT2D eigenvalue weighted by Gasteiger charge is 2.64. The maximum atomic E-state index is 7.07. The number of benzene rings is 2. The molecule has 0 saturated carbocycles. The van der Waals surface area contributed by atoms with E-state index in [4.69, 9.17) is 4.43 Å². The molecule has 0 aliphatic carbocycles. The summed E-state index contributed by atoms with van der Waals surface area (Å²) in [6, 6.07) is 23.7. The van der Waals surface area contributed by atoms with Gasteiger partial charge in [-0.1, -0.05) is 86.7 Å². The van der Waals surface area contributed by atoms with Crippen LogP contribution in [0.4, 0.5) is 0 Å². The minimum atomic E-state index is -2.11. The predicted octanol–water partition coefficient (Wildman–Crippen LogP) is 5.92. The van der Waals surface area contributed by atoms with E-state index in [9.17, 15) is 0 Å². The van der Waals surface area contributed by atoms with Crippen molar-refractivity contribution in [2.75, 3.05) is 0 Å². The first kappa shape index (κ1) is 19.6. The summed E-state index contributed by atoms with van der Waals surface area (Å²) in [6.45, 7) is 12.2. The van der Waals surface area contributed by atoms with Gasteiger partial charge in [-0.25, -0.2) is 0 Å². The first-order valence-corrected chi connectivity index (χ1v) is 15.7. The van der Waals surface area contributed by atoms with Crippen LogP contribution in [0.2, 0.25) is 30.3 Å². The van der Waals surface area contributed by atoms with Gasteiger partial charge in [0, 0.05) is 6.10 Å². The first-order chi connectivity index (χ1) is 12.3. The molecule has 1 aliphatic rings. The molecule has 2 unspecified atom stereocenters. The molecule has 0 aromatic heterocycles. The second-order valence-corrected chi connectivity index (χ2v) is 19.1. The molecule has 140 valence electrons. The van der Waals surface area contributed by atoms with Crippen LogP contribution >= 0.6 is 0 Å². The lowest BCUT2D eigenvalue weighted by Gasteiger charge is -2.52. The van der Waals surface area contributed by atoms with Crippen molar-refractivity contribution in [3.63, 3.8) is 0 Å². The van der Waals surface area contributed by atoms with Crippen molar-refractivity contribution >= 4 is 21.6 Å². The van der Waals surface area contributed by atoms with Crippen LogP contribution in [-0.4, -0.2) is 22.5 Å². The van der Waals surface area contributed by atoms with Gasteiger partial charge in [-0.3, -0.25) is 0 Å². The van der Waals surface area contributed by atoms with Crippen molar-refractivity contribution in [3.05, 3.63) is 66.2 Å². The second-order valence-electron chi connectivity index (χ2n) is 9.21. The summed E-state index contributed by atoms with van der Waals surface area (Å²) in [5.74, 6) is 0. The van der Waals surface area contributed by atoms with Crippen molar-refractivity contribution in [2.24, 2.45) is 0 Å². The average Bonchev–Trinajstić information content (AvgIpc) is 2.96. The maximum Gasteiger partial charge on any atom is 0.228 e. The molecule has 1 nitrogen and oxygen atoms in total. The molecule has 1 fully saturated rings. The van der Waals surface area contributed by atoms with Crippen molar-refractivity contribution in [3.8, 4) is 0 Å². The first-order valence-electron chi connectivity index (χ1n) is 10.1. The van der Waals surface area contributed by atoms with Crippen LogP contribution < -0.4 is 5.19 Å². The summed E-state index contributed by atoms with van der Waals surface area (Å²) < 4.78 is 7.41. The topological polar surface area (TPSA) is 9.23 Å². The molecule has 1 saturated heterocycles. The summed E-state index contributed by atoms with van der Waals surface area (Å²) in [7, 11) is -3.61. The Kier molecular flexibility index (Phi) is 5.62. The van der Waals surface area contributed by atoms with E-state index in [2.05, 4.69) is 94.2 Å². The van der Waals surface area contributed by atoms with Gasteiger partial charge in [0.15, 0.2) is 0 Å². The molecule has 0 spiro atoms. The van der Waals surface area contributed by atoms with Gasteiger partial charge in [0.1, 0.15) is 0 Å². The van der Waals surface area contributed by atoms with E-state index < -0.39 is 16.4 Å². The highest BCUT2D eigenvalue weighted by atomic mass is 28.4. The molecule has 2 aromatic rings. The highest BCUT2D eigenvalue weighted by molar-refractivity contribution is 7.04. The van der Waals surface area contributed by atoms with Gasteiger partial charge >= 0.3 is 0 Å². The van der Waals surface area contributed by atoms with Gasteiger partial charge in [-0.2, -0.15) is 0 Å². The number of rotatable bonds is 6. The smallest absolute Gasteiger partial charge is 0.228 e. The van der Waals surface area contributed by atoms with Crippen molar-refractivity contribution < 1.29 is 4.43 Å². The summed E-state index contributed by atoms with van der Waals surface area (Å²) in [5, 5.41) is 1.52. The molecule has 0 N–H and O–H groups in total. The standard InChI is InChI=1S/C23H34OSi2/c1-20(2)24-26(22-15-10-7-11-16-22)18-12-17-23(26,25(3,4)5)19-21-13-8-6-9-14-21/h6-11,13-16,20H,12,17-19H2,1-5H3. The average molecular weight is 383 g/mol. The van der Waals surface area contributed by atoms with E-state index in [1.54, 1.807) is 0 Å². The highest BCUT2D eigenvalue weighted by Crippen LogP contribution is 2.59. The third-order valence-electron chi connectivity index (χ3n) is 6.37. The largest absolute Gasteiger partial charge is 0.410 e. The number of hydrogen-bond acceptors (Lipinski definition) is 1. The minimum absolute atomic E-state index is 0.284. The lowest BCUT2D eigenvalue weighted by atomic mass is 10.1. The normalized spacial score (nSPS) is 26.4. The molecular formula is C23H34OSi2. The summed E-state index contributed by atoms with van der Waals surface area (Å²) >= 11 is 0. The SMILES string of the molecule is CC(C)O[Si]1(c2ccccc2)CCCC1(Cc1ccccc1)[Si](C)(C)C. The molecule has 0 amide bonds. The van der Waals surface area contributed by atoms with Crippen LogP contribution in [-0.2, 0) is 10.8 Å². The van der Waals surface area contributed by atoms with Crippen LogP contribution in [0, 0.1) is 0 Å². The Bertz CT molecular complexity index is 708. The predicted molar refractivity (Wildman–Crippen MR) is 118 cm³/mol. The fourth-order valence-corrected chi connectivity index (χ4v) is 17.8. The molecule has 3 rings (SSSR count). The Morgan fingerprint density at radius 2 is 1.54 bits per heavy atom. The van der Waals surface area contributed by atoms with E-state index in [1.807, 2.05) is 0 Å². The second kappa shape index (κ2) is 7.45. The van der Waals surface area contributed by atoms with Gasteiger partial charge in [0.2, 0.25) is 8.32 Å². The van der Waals surface area contributed by atoms with Gasteiger partial charge in [-0.05, 0) is 48.1 Å². The Morgan fingerprint density at radius 1 is 0.962 bits per heavy atom.